The van der Waals surface area contributed by atoms with E-state index >= 15 is 0 Å². The summed E-state index contributed by atoms with van der Waals surface area (Å²) < 4.78 is 0. The molecule has 3 heteroatoms. The minimum atomic E-state index is 0.694. The van der Waals surface area contributed by atoms with Crippen LogP contribution >= 0.6 is 0 Å². The van der Waals surface area contributed by atoms with Crippen LogP contribution in [0.15, 0.2) is 36.5 Å². The van der Waals surface area contributed by atoms with Gasteiger partial charge in [-0.1, -0.05) is 12.1 Å². The molecule has 1 aromatic carbocycles. The molecule has 88 valence electrons. The van der Waals surface area contributed by atoms with E-state index < -0.39 is 0 Å². The van der Waals surface area contributed by atoms with Gasteiger partial charge in [-0.05, 0) is 43.2 Å². The molecule has 3 N–H and O–H groups in total. The highest BCUT2D eigenvalue weighted by molar-refractivity contribution is 5.66. The molecule has 0 aliphatic heterocycles. The summed E-state index contributed by atoms with van der Waals surface area (Å²) >= 11 is 0. The number of anilines is 2. The molecule has 0 aliphatic carbocycles. The summed E-state index contributed by atoms with van der Waals surface area (Å²) in [5.41, 5.74) is 11.1. The Kier molecular flexibility index (Phi) is 3.28. The van der Waals surface area contributed by atoms with E-state index in [0.717, 1.165) is 17.1 Å². The lowest BCUT2D eigenvalue weighted by atomic mass is 10.2. The van der Waals surface area contributed by atoms with Crippen LogP contribution in [0, 0.1) is 13.8 Å². The Morgan fingerprint density at radius 3 is 2.76 bits per heavy atom. The molecule has 0 atom stereocenters. The summed E-state index contributed by atoms with van der Waals surface area (Å²) in [6, 6.07) is 10.0. The maximum atomic E-state index is 5.94. The van der Waals surface area contributed by atoms with E-state index in [9.17, 15) is 0 Å². The number of pyridine rings is 1. The molecular weight excluding hydrogens is 210 g/mol. The Morgan fingerprint density at radius 1 is 1.24 bits per heavy atom. The minimum Gasteiger partial charge on any atom is -0.397 e. The van der Waals surface area contributed by atoms with Crippen molar-refractivity contribution in [2.24, 2.45) is 0 Å². The van der Waals surface area contributed by atoms with Crippen molar-refractivity contribution in [3.63, 3.8) is 0 Å². The third-order valence-corrected chi connectivity index (χ3v) is 2.77. The summed E-state index contributed by atoms with van der Waals surface area (Å²) in [6.07, 6.45) is 1.81. The van der Waals surface area contributed by atoms with Gasteiger partial charge in [-0.15, -0.1) is 0 Å². The second-order valence-corrected chi connectivity index (χ2v) is 4.21. The number of nitrogens with zero attached hydrogens (tertiary/aromatic N) is 1. The molecular formula is C14H17N3. The van der Waals surface area contributed by atoms with Crippen molar-refractivity contribution in [1.29, 1.82) is 0 Å². The van der Waals surface area contributed by atoms with Crippen LogP contribution in [0.5, 0.6) is 0 Å². The van der Waals surface area contributed by atoms with Gasteiger partial charge in [-0.25, -0.2) is 0 Å². The van der Waals surface area contributed by atoms with E-state index in [0.29, 0.717) is 6.54 Å². The molecule has 0 unspecified atom stereocenters. The number of nitrogen functional groups attached to an aromatic ring is 1. The van der Waals surface area contributed by atoms with Gasteiger partial charge in [0.05, 0.1) is 23.6 Å². The monoisotopic (exact) mass is 227 g/mol. The zero-order valence-electron chi connectivity index (χ0n) is 10.2. The van der Waals surface area contributed by atoms with E-state index in [2.05, 4.69) is 23.3 Å². The first-order chi connectivity index (χ1) is 8.16. The Balaban J connectivity index is 2.10. The van der Waals surface area contributed by atoms with Gasteiger partial charge < -0.3 is 11.1 Å². The molecule has 0 saturated heterocycles. The lowest BCUT2D eigenvalue weighted by Crippen LogP contribution is -2.05. The molecule has 0 aliphatic rings. The first kappa shape index (κ1) is 11.5. The molecule has 3 nitrogen and oxygen atoms in total. The van der Waals surface area contributed by atoms with E-state index in [-0.39, 0.29) is 0 Å². The Labute approximate surface area is 102 Å². The smallest absolute Gasteiger partial charge is 0.0623 e. The van der Waals surface area contributed by atoms with E-state index in [4.69, 9.17) is 5.73 Å². The molecule has 0 bridgehead atoms. The van der Waals surface area contributed by atoms with Gasteiger partial charge in [0, 0.05) is 6.20 Å². The lowest BCUT2D eigenvalue weighted by molar-refractivity contribution is 1.02. The quantitative estimate of drug-likeness (QED) is 0.793. The third-order valence-electron chi connectivity index (χ3n) is 2.77. The van der Waals surface area contributed by atoms with E-state index in [1.54, 1.807) is 0 Å². The Bertz CT molecular complexity index is 521. The number of hydrogen-bond donors (Lipinski definition) is 2. The number of aromatic nitrogens is 1. The standard InChI is InChI=1S/C14H17N3/c1-10-5-6-13(12(15)8-10)17-9-14-11(2)4-3-7-16-14/h3-8,17H,9,15H2,1-2H3. The average Bonchev–Trinajstić information content (AvgIpc) is 2.30. The highest BCUT2D eigenvalue weighted by Crippen LogP contribution is 2.20. The van der Waals surface area contributed by atoms with Crippen molar-refractivity contribution in [2.45, 2.75) is 20.4 Å². The fourth-order valence-corrected chi connectivity index (χ4v) is 1.73. The van der Waals surface area contributed by atoms with E-state index in [1.807, 2.05) is 37.4 Å². The number of hydrogen-bond acceptors (Lipinski definition) is 3. The number of nitrogens with two attached hydrogens (primary N) is 1. The highest BCUT2D eigenvalue weighted by atomic mass is 14.9. The van der Waals surface area contributed by atoms with Crippen LogP contribution in [0.25, 0.3) is 0 Å². The summed E-state index contributed by atoms with van der Waals surface area (Å²) in [5.74, 6) is 0. The summed E-state index contributed by atoms with van der Waals surface area (Å²) in [6.45, 7) is 4.78. The molecule has 1 aromatic heterocycles. The highest BCUT2D eigenvalue weighted by Gasteiger charge is 2.01. The van der Waals surface area contributed by atoms with Gasteiger partial charge >= 0.3 is 0 Å². The number of aryl methyl sites for hydroxylation is 2. The molecule has 0 radical (unpaired) electrons. The number of rotatable bonds is 3. The molecule has 0 amide bonds. The van der Waals surface area contributed by atoms with Crippen molar-refractivity contribution >= 4 is 11.4 Å². The van der Waals surface area contributed by atoms with Crippen molar-refractivity contribution in [2.75, 3.05) is 11.1 Å². The SMILES string of the molecule is Cc1ccc(NCc2ncccc2C)c(N)c1. The van der Waals surface area contributed by atoms with Gasteiger partial charge in [0.25, 0.3) is 0 Å². The second-order valence-electron chi connectivity index (χ2n) is 4.21. The maximum absolute atomic E-state index is 5.94. The second kappa shape index (κ2) is 4.87. The molecule has 1 heterocycles. The molecule has 2 aromatic rings. The van der Waals surface area contributed by atoms with Gasteiger partial charge in [0.15, 0.2) is 0 Å². The fraction of sp³-hybridized carbons (Fsp3) is 0.214. The van der Waals surface area contributed by atoms with Crippen molar-refractivity contribution in [3.8, 4) is 0 Å². The zero-order valence-corrected chi connectivity index (χ0v) is 10.2. The predicted molar refractivity (Wildman–Crippen MR) is 71.9 cm³/mol. The lowest BCUT2D eigenvalue weighted by Gasteiger charge is -2.10. The first-order valence-electron chi connectivity index (χ1n) is 5.67. The van der Waals surface area contributed by atoms with Crippen LogP contribution in [0.4, 0.5) is 11.4 Å². The number of benzene rings is 1. The minimum absolute atomic E-state index is 0.694. The van der Waals surface area contributed by atoms with Crippen molar-refractivity contribution in [3.05, 3.63) is 53.3 Å². The van der Waals surface area contributed by atoms with E-state index in [1.165, 1.54) is 11.1 Å². The fourth-order valence-electron chi connectivity index (χ4n) is 1.73. The van der Waals surface area contributed by atoms with Crippen molar-refractivity contribution in [1.82, 2.24) is 4.98 Å². The average molecular weight is 227 g/mol. The van der Waals surface area contributed by atoms with Crippen LogP contribution in [-0.2, 0) is 6.54 Å². The van der Waals surface area contributed by atoms with Crippen LogP contribution in [0.1, 0.15) is 16.8 Å². The largest absolute Gasteiger partial charge is 0.397 e. The van der Waals surface area contributed by atoms with Gasteiger partial charge in [0.1, 0.15) is 0 Å². The summed E-state index contributed by atoms with van der Waals surface area (Å²) in [5, 5.41) is 3.31. The normalized spacial score (nSPS) is 10.2. The van der Waals surface area contributed by atoms with Gasteiger partial charge in [-0.3, -0.25) is 4.98 Å². The first-order valence-corrected chi connectivity index (χ1v) is 5.67. The zero-order chi connectivity index (χ0) is 12.3. The third kappa shape index (κ3) is 2.75. The van der Waals surface area contributed by atoms with Gasteiger partial charge in [0.2, 0.25) is 0 Å². The summed E-state index contributed by atoms with van der Waals surface area (Å²) in [4.78, 5) is 4.34. The maximum Gasteiger partial charge on any atom is 0.0623 e. The number of nitrogens with one attached hydrogen (secondary N) is 1. The topological polar surface area (TPSA) is 50.9 Å². The van der Waals surface area contributed by atoms with Crippen LogP contribution < -0.4 is 11.1 Å². The molecule has 2 rings (SSSR count). The Morgan fingerprint density at radius 2 is 2.06 bits per heavy atom. The molecule has 0 spiro atoms. The molecule has 0 fully saturated rings. The van der Waals surface area contributed by atoms with Crippen LogP contribution in [0.2, 0.25) is 0 Å². The Hall–Kier alpha value is -2.03. The predicted octanol–water partition coefficient (Wildman–Crippen LogP) is 2.89. The van der Waals surface area contributed by atoms with Gasteiger partial charge in [-0.2, -0.15) is 0 Å². The molecule has 17 heavy (non-hydrogen) atoms. The summed E-state index contributed by atoms with van der Waals surface area (Å²) in [7, 11) is 0. The van der Waals surface area contributed by atoms with Crippen LogP contribution in [0.3, 0.4) is 0 Å². The van der Waals surface area contributed by atoms with Crippen molar-refractivity contribution < 1.29 is 0 Å². The molecule has 0 saturated carbocycles. The van der Waals surface area contributed by atoms with Crippen LogP contribution in [-0.4, -0.2) is 4.98 Å².